The lowest BCUT2D eigenvalue weighted by atomic mass is 9.96. The highest BCUT2D eigenvalue weighted by Gasteiger charge is 2.28. The van der Waals surface area contributed by atoms with Gasteiger partial charge < -0.3 is 18.9 Å². The monoisotopic (exact) mass is 318 g/mol. The zero-order chi connectivity index (χ0) is 17.1. The molecule has 22 heavy (non-hydrogen) atoms. The highest BCUT2D eigenvalue weighted by molar-refractivity contribution is 5.81. The van der Waals surface area contributed by atoms with E-state index in [-0.39, 0.29) is 25.4 Å². The normalized spacial score (nSPS) is 16.5. The van der Waals surface area contributed by atoms with Crippen molar-refractivity contribution in [3.63, 3.8) is 0 Å². The van der Waals surface area contributed by atoms with E-state index in [2.05, 4.69) is 0 Å². The van der Waals surface area contributed by atoms with Crippen LogP contribution in [0.4, 0.5) is 0 Å². The van der Waals surface area contributed by atoms with Gasteiger partial charge in [-0.2, -0.15) is 0 Å². The van der Waals surface area contributed by atoms with Gasteiger partial charge in [0.2, 0.25) is 0 Å². The first kappa shape index (κ1) is 20.9. The first-order valence-electron chi connectivity index (χ1n) is 7.72. The maximum atomic E-state index is 11.9. The first-order valence-corrected chi connectivity index (χ1v) is 7.72. The Morgan fingerprint density at radius 2 is 1.05 bits per heavy atom. The van der Waals surface area contributed by atoms with Crippen LogP contribution < -0.4 is 0 Å². The van der Waals surface area contributed by atoms with Crippen molar-refractivity contribution in [1.29, 1.82) is 0 Å². The third-order valence-corrected chi connectivity index (χ3v) is 3.84. The van der Waals surface area contributed by atoms with Crippen molar-refractivity contribution in [2.24, 2.45) is 11.8 Å². The predicted octanol–water partition coefficient (Wildman–Crippen LogP) is 2.20. The molecular formula is C16H30O6. The second-order valence-electron chi connectivity index (χ2n) is 5.58. The minimum absolute atomic E-state index is 0.0354. The van der Waals surface area contributed by atoms with Crippen molar-refractivity contribution in [2.75, 3.05) is 27.4 Å². The van der Waals surface area contributed by atoms with E-state index in [0.29, 0.717) is 12.8 Å². The summed E-state index contributed by atoms with van der Waals surface area (Å²) in [6.07, 6.45) is 1.33. The summed E-state index contributed by atoms with van der Waals surface area (Å²) >= 11 is 0. The van der Waals surface area contributed by atoms with E-state index in [1.165, 1.54) is 0 Å². The molecule has 0 aliphatic heterocycles. The summed E-state index contributed by atoms with van der Waals surface area (Å²) in [4.78, 5) is 23.8. The Labute approximate surface area is 133 Å². The van der Waals surface area contributed by atoms with Gasteiger partial charge in [-0.3, -0.25) is 9.59 Å². The average Bonchev–Trinajstić information content (AvgIpc) is 2.52. The van der Waals surface area contributed by atoms with Gasteiger partial charge in [0.15, 0.2) is 0 Å². The minimum Gasteiger partial charge on any atom is -0.465 e. The Kier molecular flexibility index (Phi) is 10.8. The number of esters is 2. The van der Waals surface area contributed by atoms with E-state index >= 15 is 0 Å². The van der Waals surface area contributed by atoms with Gasteiger partial charge in [0.25, 0.3) is 0 Å². The fourth-order valence-corrected chi connectivity index (χ4v) is 1.56. The van der Waals surface area contributed by atoms with Gasteiger partial charge in [-0.05, 0) is 13.8 Å². The van der Waals surface area contributed by atoms with E-state index < -0.39 is 23.8 Å². The van der Waals surface area contributed by atoms with Gasteiger partial charge in [0.05, 0.1) is 37.3 Å². The fourth-order valence-electron chi connectivity index (χ4n) is 1.56. The van der Waals surface area contributed by atoms with Crippen molar-refractivity contribution in [3.8, 4) is 0 Å². The maximum Gasteiger partial charge on any atom is 0.309 e. The molecule has 6 nitrogen and oxygen atoms in total. The average molecular weight is 318 g/mol. The van der Waals surface area contributed by atoms with Crippen molar-refractivity contribution in [3.05, 3.63) is 0 Å². The van der Waals surface area contributed by atoms with Crippen LogP contribution in [0.3, 0.4) is 0 Å². The summed E-state index contributed by atoms with van der Waals surface area (Å²) < 4.78 is 20.5. The lowest BCUT2D eigenvalue weighted by Gasteiger charge is -2.18. The van der Waals surface area contributed by atoms with Gasteiger partial charge in [0, 0.05) is 27.1 Å². The lowest BCUT2D eigenvalue weighted by molar-refractivity contribution is -0.160. The summed E-state index contributed by atoms with van der Waals surface area (Å²) in [5, 5.41) is 0. The molecule has 0 aliphatic carbocycles. The molecule has 0 aliphatic rings. The molecule has 0 rings (SSSR count). The van der Waals surface area contributed by atoms with Crippen LogP contribution in [0.5, 0.6) is 0 Å². The molecule has 4 atom stereocenters. The molecule has 0 aromatic heterocycles. The number of hydrogen-bond acceptors (Lipinski definition) is 6. The number of ether oxygens (including phenoxy) is 4. The molecule has 6 heteroatoms. The topological polar surface area (TPSA) is 71.1 Å². The Balaban J connectivity index is 4.08. The molecule has 0 radical (unpaired) electrons. The molecule has 0 saturated carbocycles. The van der Waals surface area contributed by atoms with E-state index in [1.807, 2.05) is 13.8 Å². The van der Waals surface area contributed by atoms with Crippen molar-refractivity contribution < 1.29 is 28.5 Å². The standard InChI is InChI=1S/C16H30O6/c1-11(19-5)7-9-21-15(17)13(3)14(4)16(18)22-10-8-12(2)20-6/h11-14H,7-10H2,1-6H3. The number of methoxy groups -OCH3 is 2. The van der Waals surface area contributed by atoms with Crippen LogP contribution in [0, 0.1) is 11.8 Å². The van der Waals surface area contributed by atoms with Gasteiger partial charge in [0.1, 0.15) is 0 Å². The molecule has 0 N–H and O–H groups in total. The van der Waals surface area contributed by atoms with Crippen LogP contribution in [0.1, 0.15) is 40.5 Å². The number of carbonyl (C=O) groups excluding carboxylic acids is 2. The summed E-state index contributed by atoms with van der Waals surface area (Å²) in [5.74, 6) is -1.86. The smallest absolute Gasteiger partial charge is 0.309 e. The van der Waals surface area contributed by atoms with E-state index in [9.17, 15) is 9.59 Å². The summed E-state index contributed by atoms with van der Waals surface area (Å²) in [7, 11) is 3.22. The minimum atomic E-state index is -0.537. The van der Waals surface area contributed by atoms with E-state index in [1.54, 1.807) is 28.1 Å². The van der Waals surface area contributed by atoms with Crippen molar-refractivity contribution in [1.82, 2.24) is 0 Å². The maximum absolute atomic E-state index is 11.9. The molecule has 0 bridgehead atoms. The number of carbonyl (C=O) groups is 2. The second-order valence-corrected chi connectivity index (χ2v) is 5.58. The zero-order valence-electron chi connectivity index (χ0n) is 14.6. The Hall–Kier alpha value is -1.14. The number of hydrogen-bond donors (Lipinski definition) is 0. The lowest BCUT2D eigenvalue weighted by Crippen LogP contribution is -2.29. The molecule has 0 aromatic carbocycles. The van der Waals surface area contributed by atoms with Gasteiger partial charge >= 0.3 is 11.9 Å². The first-order chi connectivity index (χ1) is 10.3. The molecular weight excluding hydrogens is 288 g/mol. The molecule has 0 amide bonds. The quantitative estimate of drug-likeness (QED) is 0.544. The largest absolute Gasteiger partial charge is 0.465 e. The third-order valence-electron chi connectivity index (χ3n) is 3.84. The summed E-state index contributed by atoms with van der Waals surface area (Å²) in [6.45, 7) is 7.71. The predicted molar refractivity (Wildman–Crippen MR) is 82.4 cm³/mol. The van der Waals surface area contributed by atoms with E-state index in [4.69, 9.17) is 18.9 Å². The molecule has 0 saturated heterocycles. The van der Waals surface area contributed by atoms with Crippen molar-refractivity contribution in [2.45, 2.75) is 52.7 Å². The van der Waals surface area contributed by atoms with Crippen LogP contribution in [0.15, 0.2) is 0 Å². The van der Waals surface area contributed by atoms with E-state index in [0.717, 1.165) is 0 Å². The van der Waals surface area contributed by atoms with Gasteiger partial charge in [-0.25, -0.2) is 0 Å². The van der Waals surface area contributed by atoms with Crippen LogP contribution >= 0.6 is 0 Å². The Bertz CT molecular complexity index is 299. The van der Waals surface area contributed by atoms with Crippen molar-refractivity contribution >= 4 is 11.9 Å². The fraction of sp³-hybridized carbons (Fsp3) is 0.875. The third kappa shape index (κ3) is 8.34. The van der Waals surface area contributed by atoms with Gasteiger partial charge in [-0.1, -0.05) is 13.8 Å². The SMILES string of the molecule is COC(C)CCOC(=O)C(C)C(C)C(=O)OCCC(C)OC. The van der Waals surface area contributed by atoms with Crippen LogP contribution in [-0.4, -0.2) is 51.6 Å². The van der Waals surface area contributed by atoms with Crippen LogP contribution in [0.25, 0.3) is 0 Å². The summed E-state index contributed by atoms with van der Waals surface area (Å²) in [5.41, 5.74) is 0. The molecule has 0 fully saturated rings. The Morgan fingerprint density at radius 1 is 0.727 bits per heavy atom. The number of rotatable bonds is 11. The van der Waals surface area contributed by atoms with Crippen LogP contribution in [-0.2, 0) is 28.5 Å². The summed E-state index contributed by atoms with van der Waals surface area (Å²) in [6, 6.07) is 0. The molecule has 0 heterocycles. The molecule has 0 spiro atoms. The van der Waals surface area contributed by atoms with Gasteiger partial charge in [-0.15, -0.1) is 0 Å². The Morgan fingerprint density at radius 3 is 1.32 bits per heavy atom. The molecule has 4 unspecified atom stereocenters. The van der Waals surface area contributed by atoms with Crippen LogP contribution in [0.2, 0.25) is 0 Å². The molecule has 0 aromatic rings. The highest BCUT2D eigenvalue weighted by Crippen LogP contribution is 2.15. The second kappa shape index (κ2) is 11.4. The zero-order valence-corrected chi connectivity index (χ0v) is 14.6. The highest BCUT2D eigenvalue weighted by atomic mass is 16.5. The molecule has 130 valence electrons.